The molecule has 2 heterocycles. The average molecular weight is 389 g/mol. The van der Waals surface area contributed by atoms with Crippen LogP contribution in [0.1, 0.15) is 25.8 Å². The maximum Gasteiger partial charge on any atom is 0.511 e. The Hall–Kier alpha value is -3.10. The number of hydrogen-bond acceptors (Lipinski definition) is 5. The van der Waals surface area contributed by atoms with Crippen molar-refractivity contribution >= 4 is 28.7 Å². The number of piperazine rings is 1. The zero-order chi connectivity index (χ0) is 20.0. The van der Waals surface area contributed by atoms with Crippen LogP contribution >= 0.6 is 0 Å². The molecule has 4 rings (SSSR count). The monoisotopic (exact) mass is 389 g/mol. The van der Waals surface area contributed by atoms with E-state index in [2.05, 4.69) is 4.74 Å². The molecule has 1 N–H and O–H groups in total. The van der Waals surface area contributed by atoms with Gasteiger partial charge in [0.25, 0.3) is 0 Å². The minimum absolute atomic E-state index is 0.00725. The van der Waals surface area contributed by atoms with Crippen LogP contribution in [0.4, 0.5) is 14.9 Å². The lowest BCUT2D eigenvalue weighted by molar-refractivity contribution is -0.129. The number of amides is 1. The maximum atomic E-state index is 14.9. The smallest absolute Gasteiger partial charge is 0.449 e. The summed E-state index contributed by atoms with van der Waals surface area (Å²) < 4.78 is 21.3. The van der Waals surface area contributed by atoms with Gasteiger partial charge in [-0.1, -0.05) is 0 Å². The normalized spacial score (nSPS) is 17.1. The number of ether oxygens (including phenoxy) is 1. The molecular weight excluding hydrogens is 369 g/mol. The Labute approximate surface area is 159 Å². The Kier molecular flexibility index (Phi) is 4.44. The van der Waals surface area contributed by atoms with Gasteiger partial charge in [0.05, 0.1) is 22.8 Å². The van der Waals surface area contributed by atoms with Gasteiger partial charge in [0.15, 0.2) is 5.75 Å². The van der Waals surface area contributed by atoms with E-state index in [1.807, 2.05) is 4.90 Å². The summed E-state index contributed by atoms with van der Waals surface area (Å²) in [5.74, 6) is -0.892. The van der Waals surface area contributed by atoms with E-state index in [-0.39, 0.29) is 23.1 Å². The Bertz CT molecular complexity index is 1020. The summed E-state index contributed by atoms with van der Waals surface area (Å²) >= 11 is 0. The topological polar surface area (TPSA) is 92.1 Å². The van der Waals surface area contributed by atoms with Crippen molar-refractivity contribution in [1.29, 1.82) is 0 Å². The first-order valence-electron chi connectivity index (χ1n) is 9.15. The lowest BCUT2D eigenvalue weighted by atomic mass is 10.1. The fraction of sp³-hybridized carbons (Fsp3) is 0.421. The van der Waals surface area contributed by atoms with E-state index in [1.165, 1.54) is 13.1 Å². The summed E-state index contributed by atoms with van der Waals surface area (Å²) in [6.07, 6.45) is 1.61. The predicted octanol–water partition coefficient (Wildman–Crippen LogP) is 2.20. The minimum atomic E-state index is -1.58. The molecule has 0 atom stereocenters. The molecule has 1 saturated heterocycles. The number of benzene rings is 1. The van der Waals surface area contributed by atoms with Gasteiger partial charge < -0.3 is 24.2 Å². The zero-order valence-electron chi connectivity index (χ0n) is 15.4. The fourth-order valence-electron chi connectivity index (χ4n) is 3.66. The number of rotatable bonds is 3. The fourth-order valence-corrected chi connectivity index (χ4v) is 3.66. The van der Waals surface area contributed by atoms with Crippen LogP contribution in [-0.2, 0) is 4.79 Å². The molecule has 2 aliphatic rings. The third-order valence-electron chi connectivity index (χ3n) is 5.27. The molecule has 0 unspecified atom stereocenters. The number of carbonyl (C=O) groups is 2. The molecule has 1 aromatic heterocycles. The van der Waals surface area contributed by atoms with Crippen molar-refractivity contribution in [3.05, 3.63) is 34.4 Å². The van der Waals surface area contributed by atoms with Crippen molar-refractivity contribution in [3.63, 3.8) is 0 Å². The number of fused-ring (bicyclic) bond motifs is 1. The maximum absolute atomic E-state index is 14.9. The minimum Gasteiger partial charge on any atom is -0.449 e. The molecular formula is C19H20FN3O5. The molecule has 1 aliphatic heterocycles. The molecule has 0 bridgehead atoms. The highest BCUT2D eigenvalue weighted by Gasteiger charge is 2.28. The highest BCUT2D eigenvalue weighted by Crippen LogP contribution is 2.39. The molecule has 9 heteroatoms. The van der Waals surface area contributed by atoms with Crippen molar-refractivity contribution in [3.8, 4) is 5.75 Å². The number of halogens is 1. The van der Waals surface area contributed by atoms with Gasteiger partial charge in [-0.05, 0) is 25.0 Å². The number of carbonyl (C=O) groups excluding carboxylic acids is 1. The molecule has 2 fully saturated rings. The Morgan fingerprint density at radius 3 is 2.43 bits per heavy atom. The van der Waals surface area contributed by atoms with Crippen LogP contribution in [-0.4, -0.2) is 52.8 Å². The SMILES string of the molecule is CC(=O)N1CCN(c2cc3c(cc2F)c(=O)c(OC(=O)O)cn3C2CC2)CC1. The van der Waals surface area contributed by atoms with E-state index in [4.69, 9.17) is 5.11 Å². The molecule has 28 heavy (non-hydrogen) atoms. The van der Waals surface area contributed by atoms with Crippen molar-refractivity contribution in [2.45, 2.75) is 25.8 Å². The summed E-state index contributed by atoms with van der Waals surface area (Å²) in [6, 6.07) is 2.92. The first kappa shape index (κ1) is 18.3. The molecule has 2 aromatic rings. The zero-order valence-corrected chi connectivity index (χ0v) is 15.4. The summed E-state index contributed by atoms with van der Waals surface area (Å²) in [5.41, 5.74) is 0.271. The van der Waals surface area contributed by atoms with Crippen LogP contribution in [0.15, 0.2) is 23.1 Å². The van der Waals surface area contributed by atoms with Gasteiger partial charge in [-0.15, -0.1) is 0 Å². The van der Waals surface area contributed by atoms with Gasteiger partial charge >= 0.3 is 6.16 Å². The van der Waals surface area contributed by atoms with Crippen LogP contribution < -0.4 is 15.1 Å². The molecule has 1 saturated carbocycles. The second kappa shape index (κ2) is 6.81. The van der Waals surface area contributed by atoms with Gasteiger partial charge in [-0.25, -0.2) is 9.18 Å². The first-order chi connectivity index (χ1) is 13.3. The molecule has 0 spiro atoms. The van der Waals surface area contributed by atoms with Crippen LogP contribution in [0.3, 0.4) is 0 Å². The molecule has 8 nitrogen and oxygen atoms in total. The molecule has 148 valence electrons. The van der Waals surface area contributed by atoms with Crippen LogP contribution in [0.5, 0.6) is 5.75 Å². The van der Waals surface area contributed by atoms with Crippen molar-refractivity contribution < 1.29 is 23.8 Å². The standard InChI is InChI=1S/C19H20FN3O5/c1-11(24)21-4-6-22(7-5-21)16-9-15-13(8-14(16)20)18(25)17(28-19(26)27)10-23(15)12-2-3-12/h8-10,12H,2-7H2,1H3,(H,26,27). The second-order valence-electron chi connectivity index (χ2n) is 7.14. The Balaban J connectivity index is 1.78. The first-order valence-corrected chi connectivity index (χ1v) is 9.15. The van der Waals surface area contributed by atoms with Crippen LogP contribution in [0.2, 0.25) is 0 Å². The van der Waals surface area contributed by atoms with E-state index < -0.39 is 17.4 Å². The second-order valence-corrected chi connectivity index (χ2v) is 7.14. The van der Waals surface area contributed by atoms with Crippen molar-refractivity contribution in [2.75, 3.05) is 31.1 Å². The summed E-state index contributed by atoms with van der Waals surface area (Å²) in [4.78, 5) is 38.5. The van der Waals surface area contributed by atoms with Gasteiger partial charge in [0.1, 0.15) is 5.82 Å². The molecule has 1 aliphatic carbocycles. The number of pyridine rings is 1. The van der Waals surface area contributed by atoms with Gasteiger partial charge in [-0.3, -0.25) is 9.59 Å². The lowest BCUT2D eigenvalue weighted by Gasteiger charge is -2.36. The predicted molar refractivity (Wildman–Crippen MR) is 99.6 cm³/mol. The van der Waals surface area contributed by atoms with Gasteiger partial charge in [0, 0.05) is 39.1 Å². The average Bonchev–Trinajstić information content (AvgIpc) is 3.49. The van der Waals surface area contributed by atoms with Gasteiger partial charge in [-0.2, -0.15) is 0 Å². The van der Waals surface area contributed by atoms with Gasteiger partial charge in [0.2, 0.25) is 11.3 Å². The third-order valence-corrected chi connectivity index (χ3v) is 5.27. The highest BCUT2D eigenvalue weighted by atomic mass is 19.1. The third kappa shape index (κ3) is 3.28. The van der Waals surface area contributed by atoms with E-state index in [0.717, 1.165) is 18.9 Å². The lowest BCUT2D eigenvalue weighted by Crippen LogP contribution is -2.48. The van der Waals surface area contributed by atoms with E-state index in [0.29, 0.717) is 37.4 Å². The Morgan fingerprint density at radius 2 is 1.86 bits per heavy atom. The van der Waals surface area contributed by atoms with Crippen LogP contribution in [0, 0.1) is 5.82 Å². The number of anilines is 1. The highest BCUT2D eigenvalue weighted by molar-refractivity contribution is 5.85. The van der Waals surface area contributed by atoms with Crippen LogP contribution in [0.25, 0.3) is 10.9 Å². The summed E-state index contributed by atoms with van der Waals surface area (Å²) in [7, 11) is 0. The number of hydrogen-bond donors (Lipinski definition) is 1. The van der Waals surface area contributed by atoms with E-state index >= 15 is 0 Å². The van der Waals surface area contributed by atoms with Crippen molar-refractivity contribution in [1.82, 2.24) is 9.47 Å². The van der Waals surface area contributed by atoms with E-state index in [9.17, 15) is 18.8 Å². The summed E-state index contributed by atoms with van der Waals surface area (Å²) in [6.45, 7) is 3.52. The quantitative estimate of drug-likeness (QED) is 0.810. The molecule has 1 amide bonds. The number of aromatic nitrogens is 1. The van der Waals surface area contributed by atoms with E-state index in [1.54, 1.807) is 15.5 Å². The summed E-state index contributed by atoms with van der Waals surface area (Å²) in [5, 5.41) is 8.95. The molecule has 1 aromatic carbocycles. The number of nitrogens with zero attached hydrogens (tertiary/aromatic N) is 3. The number of carboxylic acid groups (broad SMARTS) is 1. The largest absolute Gasteiger partial charge is 0.511 e. The molecule has 0 radical (unpaired) electrons. The Morgan fingerprint density at radius 1 is 1.18 bits per heavy atom. The van der Waals surface area contributed by atoms with Crippen molar-refractivity contribution in [2.24, 2.45) is 0 Å².